The maximum absolute atomic E-state index is 11.7. The van der Waals surface area contributed by atoms with Gasteiger partial charge in [-0.15, -0.1) is 8.19 Å². The fourth-order valence-electron chi connectivity index (χ4n) is 1.22. The van der Waals surface area contributed by atoms with Gasteiger partial charge in [-0.05, 0) is 11.9 Å². The summed E-state index contributed by atoms with van der Waals surface area (Å²) in [6.07, 6.45) is 0. The first-order valence-electron chi connectivity index (χ1n) is 4.11. The lowest BCUT2D eigenvalue weighted by atomic mass is 10.1. The minimum atomic E-state index is 0.156. The van der Waals surface area contributed by atoms with Crippen molar-refractivity contribution >= 4 is 14.0 Å². The number of ketones is 1. The molecule has 2 rings (SSSR count). The van der Waals surface area contributed by atoms with E-state index < -0.39 is 0 Å². The predicted molar refractivity (Wildman–Crippen MR) is 55.8 cm³/mol. The molecule has 0 saturated heterocycles. The highest BCUT2D eigenvalue weighted by Crippen LogP contribution is 2.18. The molecule has 64 valence electrons. The molecule has 2 aromatic rings. The standard InChI is InChI=1S/C11H9OP/c12-11(10-7-4-8-13-10)9-5-2-1-3-6-9/h1-8,13H. The smallest absolute Gasteiger partial charge is 0.196 e. The Kier molecular flexibility index (Phi) is 2.29. The summed E-state index contributed by atoms with van der Waals surface area (Å²) in [5.41, 5.74) is 0.782. The van der Waals surface area contributed by atoms with Crippen molar-refractivity contribution in [3.05, 3.63) is 59.1 Å². The fourth-order valence-corrected chi connectivity index (χ4v) is 2.06. The Labute approximate surface area is 78.5 Å². The van der Waals surface area contributed by atoms with E-state index in [0.29, 0.717) is 8.19 Å². The molecule has 0 radical (unpaired) electrons. The third kappa shape index (κ3) is 1.71. The monoisotopic (exact) mass is 188 g/mol. The summed E-state index contributed by atoms with van der Waals surface area (Å²) in [5.74, 6) is 2.18. The second-order valence-electron chi connectivity index (χ2n) is 2.78. The molecule has 0 saturated carbocycles. The van der Waals surface area contributed by atoms with Gasteiger partial charge in [-0.25, -0.2) is 0 Å². The number of benzene rings is 1. The van der Waals surface area contributed by atoms with Crippen molar-refractivity contribution in [2.75, 3.05) is 0 Å². The third-order valence-corrected chi connectivity index (χ3v) is 2.94. The van der Waals surface area contributed by atoms with E-state index in [4.69, 9.17) is 0 Å². The molecule has 1 unspecified atom stereocenters. The van der Waals surface area contributed by atoms with Crippen molar-refractivity contribution in [1.82, 2.24) is 0 Å². The molecule has 1 atom stereocenters. The topological polar surface area (TPSA) is 17.1 Å². The largest absolute Gasteiger partial charge is 0.288 e. The highest BCUT2D eigenvalue weighted by molar-refractivity contribution is 7.31. The first kappa shape index (κ1) is 8.28. The van der Waals surface area contributed by atoms with E-state index in [2.05, 4.69) is 0 Å². The van der Waals surface area contributed by atoms with Gasteiger partial charge in [0.05, 0.1) is 0 Å². The Balaban J connectivity index is 2.34. The average molecular weight is 188 g/mol. The van der Waals surface area contributed by atoms with Crippen LogP contribution in [0.4, 0.5) is 0 Å². The maximum Gasteiger partial charge on any atom is 0.196 e. The second kappa shape index (κ2) is 3.59. The van der Waals surface area contributed by atoms with Crippen LogP contribution < -0.4 is 0 Å². The van der Waals surface area contributed by atoms with E-state index in [0.717, 1.165) is 10.9 Å². The molecule has 1 heterocycles. The Morgan fingerprint density at radius 2 is 1.77 bits per heavy atom. The maximum atomic E-state index is 11.7. The second-order valence-corrected chi connectivity index (χ2v) is 3.94. The van der Waals surface area contributed by atoms with Gasteiger partial charge in [-0.1, -0.05) is 36.4 Å². The third-order valence-electron chi connectivity index (χ3n) is 1.88. The van der Waals surface area contributed by atoms with E-state index in [1.165, 1.54) is 0 Å². The van der Waals surface area contributed by atoms with Gasteiger partial charge in [0, 0.05) is 10.9 Å². The molecule has 0 N–H and O–H groups in total. The molecular weight excluding hydrogens is 179 g/mol. The molecule has 0 fully saturated rings. The SMILES string of the molecule is O=C(c1ccccc1)c1ccc[pH]1. The fraction of sp³-hybridized carbons (Fsp3) is 0. The van der Waals surface area contributed by atoms with Crippen LogP contribution in [0.2, 0.25) is 0 Å². The summed E-state index contributed by atoms with van der Waals surface area (Å²) in [4.78, 5) is 11.7. The first-order valence-corrected chi connectivity index (χ1v) is 5.19. The first-order chi connectivity index (χ1) is 6.38. The number of carbonyl (C=O) groups is 1. The van der Waals surface area contributed by atoms with Crippen molar-refractivity contribution in [2.24, 2.45) is 0 Å². The Morgan fingerprint density at radius 1 is 1.00 bits per heavy atom. The summed E-state index contributed by atoms with van der Waals surface area (Å²) >= 11 is 0. The van der Waals surface area contributed by atoms with Crippen LogP contribution >= 0.6 is 8.19 Å². The Hall–Kier alpha value is -1.33. The summed E-state index contributed by atoms with van der Waals surface area (Å²) in [7, 11) is 0.537. The van der Waals surface area contributed by atoms with E-state index >= 15 is 0 Å². The van der Waals surface area contributed by atoms with Crippen LogP contribution in [-0.2, 0) is 0 Å². The average Bonchev–Trinajstić information content (AvgIpc) is 2.71. The van der Waals surface area contributed by atoms with Crippen LogP contribution in [0.15, 0.2) is 48.3 Å². The number of hydrogen-bond donors (Lipinski definition) is 0. The van der Waals surface area contributed by atoms with Gasteiger partial charge < -0.3 is 0 Å². The van der Waals surface area contributed by atoms with Crippen LogP contribution in [0.3, 0.4) is 0 Å². The normalized spacial score (nSPS) is 10.5. The highest BCUT2D eigenvalue weighted by Gasteiger charge is 2.06. The molecule has 0 aliphatic carbocycles. The van der Waals surface area contributed by atoms with E-state index in [-0.39, 0.29) is 5.78 Å². The van der Waals surface area contributed by atoms with Gasteiger partial charge in [0.1, 0.15) is 0 Å². The van der Waals surface area contributed by atoms with E-state index in [9.17, 15) is 4.79 Å². The molecule has 13 heavy (non-hydrogen) atoms. The zero-order valence-corrected chi connectivity index (χ0v) is 8.03. The minimum absolute atomic E-state index is 0.156. The van der Waals surface area contributed by atoms with Crippen LogP contribution in [-0.4, -0.2) is 5.78 Å². The molecule has 2 heteroatoms. The van der Waals surface area contributed by atoms with Crippen LogP contribution in [0, 0.1) is 0 Å². The quantitative estimate of drug-likeness (QED) is 0.662. The van der Waals surface area contributed by atoms with E-state index in [1.807, 2.05) is 48.3 Å². The molecule has 0 spiro atoms. The van der Waals surface area contributed by atoms with Crippen molar-refractivity contribution < 1.29 is 4.79 Å². The Morgan fingerprint density at radius 3 is 2.38 bits per heavy atom. The molecule has 1 aromatic carbocycles. The molecular formula is C11H9OP. The van der Waals surface area contributed by atoms with Gasteiger partial charge in [-0.2, -0.15) is 0 Å². The van der Waals surface area contributed by atoms with Crippen LogP contribution in [0.1, 0.15) is 15.7 Å². The van der Waals surface area contributed by atoms with Crippen molar-refractivity contribution in [3.63, 3.8) is 0 Å². The minimum Gasteiger partial charge on any atom is -0.288 e. The summed E-state index contributed by atoms with van der Waals surface area (Å²) < 4.78 is 0. The lowest BCUT2D eigenvalue weighted by Gasteiger charge is -1.96. The lowest BCUT2D eigenvalue weighted by molar-refractivity contribution is 0.104. The molecule has 0 aliphatic heterocycles. The van der Waals surface area contributed by atoms with Crippen LogP contribution in [0.5, 0.6) is 0 Å². The van der Waals surface area contributed by atoms with Gasteiger partial charge in [0.25, 0.3) is 0 Å². The van der Waals surface area contributed by atoms with Gasteiger partial charge in [0.2, 0.25) is 0 Å². The van der Waals surface area contributed by atoms with Crippen molar-refractivity contribution in [2.45, 2.75) is 0 Å². The predicted octanol–water partition coefficient (Wildman–Crippen LogP) is 2.95. The van der Waals surface area contributed by atoms with Crippen molar-refractivity contribution in [1.29, 1.82) is 0 Å². The Bertz CT molecular complexity index is 389. The summed E-state index contributed by atoms with van der Waals surface area (Å²) in [5, 5.41) is 0.909. The van der Waals surface area contributed by atoms with Crippen LogP contribution in [0.25, 0.3) is 0 Å². The molecule has 1 aromatic heterocycles. The lowest BCUT2D eigenvalue weighted by Crippen LogP contribution is -1.96. The van der Waals surface area contributed by atoms with Crippen molar-refractivity contribution in [3.8, 4) is 0 Å². The molecule has 0 bridgehead atoms. The van der Waals surface area contributed by atoms with Gasteiger partial charge in [-0.3, -0.25) is 4.79 Å². The zero-order chi connectivity index (χ0) is 9.10. The van der Waals surface area contributed by atoms with Gasteiger partial charge in [0.15, 0.2) is 5.78 Å². The molecule has 0 aliphatic rings. The molecule has 0 amide bonds. The molecule has 1 nitrogen and oxygen atoms in total. The highest BCUT2D eigenvalue weighted by atomic mass is 31.0. The number of rotatable bonds is 2. The summed E-state index contributed by atoms with van der Waals surface area (Å²) in [6, 6.07) is 13.2. The summed E-state index contributed by atoms with van der Waals surface area (Å²) in [6.45, 7) is 0. The number of carbonyl (C=O) groups excluding carboxylic acids is 1. The van der Waals surface area contributed by atoms with Gasteiger partial charge >= 0.3 is 0 Å². The number of hydrogen-bond acceptors (Lipinski definition) is 1. The van der Waals surface area contributed by atoms with E-state index in [1.54, 1.807) is 0 Å². The zero-order valence-electron chi connectivity index (χ0n) is 7.03.